The third kappa shape index (κ3) is 1.74. The molecule has 2 heterocycles. The number of hydrogen-bond acceptors (Lipinski definition) is 3. The van der Waals surface area contributed by atoms with Gasteiger partial charge in [-0.2, -0.15) is 5.10 Å². The Morgan fingerprint density at radius 3 is 2.82 bits per heavy atom. The van der Waals surface area contributed by atoms with Gasteiger partial charge in [0.1, 0.15) is 0 Å². The number of carboxylic acid groups (broad SMARTS) is 1. The second-order valence-corrected chi connectivity index (χ2v) is 4.72. The highest BCUT2D eigenvalue weighted by molar-refractivity contribution is 5.87. The average molecular weight is 236 g/mol. The first-order valence-corrected chi connectivity index (χ1v) is 6.18. The fraction of sp³-hybridized carbons (Fsp3) is 0.667. The van der Waals surface area contributed by atoms with Crippen LogP contribution in [0.25, 0.3) is 0 Å². The Morgan fingerprint density at radius 1 is 1.35 bits per heavy atom. The van der Waals surface area contributed by atoms with Crippen LogP contribution in [-0.4, -0.2) is 34.1 Å². The van der Waals surface area contributed by atoms with Crippen molar-refractivity contribution in [3.8, 4) is 0 Å². The predicted octanol–water partition coefficient (Wildman–Crippen LogP) is 1.42. The summed E-state index contributed by atoms with van der Waals surface area (Å²) in [4.78, 5) is 11.2. The van der Waals surface area contributed by atoms with Crippen LogP contribution in [-0.2, 0) is 17.6 Å². The van der Waals surface area contributed by atoms with Gasteiger partial charge in [0.25, 0.3) is 0 Å². The minimum absolute atomic E-state index is 0.268. The lowest BCUT2D eigenvalue weighted by Gasteiger charge is -2.23. The first kappa shape index (κ1) is 10.8. The monoisotopic (exact) mass is 236 g/mol. The highest BCUT2D eigenvalue weighted by Gasteiger charge is 2.29. The summed E-state index contributed by atoms with van der Waals surface area (Å²) in [7, 11) is 0. The van der Waals surface area contributed by atoms with Gasteiger partial charge in [0, 0.05) is 24.5 Å². The molecule has 92 valence electrons. The highest BCUT2D eigenvalue weighted by atomic mass is 16.5. The molecule has 2 aliphatic rings. The van der Waals surface area contributed by atoms with Gasteiger partial charge in [-0.3, -0.25) is 4.68 Å². The zero-order chi connectivity index (χ0) is 11.8. The molecule has 0 amide bonds. The summed E-state index contributed by atoms with van der Waals surface area (Å²) in [6, 6.07) is 0.323. The van der Waals surface area contributed by atoms with E-state index in [1.807, 2.05) is 4.68 Å². The number of rotatable bonds is 2. The zero-order valence-corrected chi connectivity index (χ0v) is 9.69. The second kappa shape index (κ2) is 4.14. The lowest BCUT2D eigenvalue weighted by atomic mass is 10.1. The average Bonchev–Trinajstić information content (AvgIpc) is 2.90. The van der Waals surface area contributed by atoms with Gasteiger partial charge in [0.2, 0.25) is 0 Å². The molecule has 5 heteroatoms. The summed E-state index contributed by atoms with van der Waals surface area (Å²) < 4.78 is 7.30. The lowest BCUT2D eigenvalue weighted by Crippen LogP contribution is -2.22. The van der Waals surface area contributed by atoms with E-state index in [1.165, 1.54) is 0 Å². The molecule has 1 saturated heterocycles. The number of hydrogen-bond donors (Lipinski definition) is 1. The van der Waals surface area contributed by atoms with Crippen molar-refractivity contribution in [2.75, 3.05) is 13.2 Å². The zero-order valence-electron chi connectivity index (χ0n) is 9.69. The van der Waals surface area contributed by atoms with Crippen LogP contribution in [0.3, 0.4) is 0 Å². The van der Waals surface area contributed by atoms with E-state index in [-0.39, 0.29) is 5.69 Å². The van der Waals surface area contributed by atoms with Crippen molar-refractivity contribution < 1.29 is 14.6 Å². The van der Waals surface area contributed by atoms with Gasteiger partial charge in [-0.25, -0.2) is 4.79 Å². The summed E-state index contributed by atoms with van der Waals surface area (Å²) in [6.07, 6.45) is 4.75. The fourth-order valence-corrected chi connectivity index (χ4v) is 2.87. The lowest BCUT2D eigenvalue weighted by molar-refractivity contribution is 0.0639. The van der Waals surface area contributed by atoms with E-state index < -0.39 is 5.97 Å². The number of carboxylic acids is 1. The second-order valence-electron chi connectivity index (χ2n) is 4.72. The van der Waals surface area contributed by atoms with E-state index in [1.54, 1.807) is 0 Å². The summed E-state index contributed by atoms with van der Waals surface area (Å²) in [6.45, 7) is 1.50. The van der Waals surface area contributed by atoms with Crippen LogP contribution in [0.2, 0.25) is 0 Å². The molecular formula is C12H16N2O3. The molecule has 0 unspecified atom stereocenters. The van der Waals surface area contributed by atoms with Crippen LogP contribution in [0.1, 0.15) is 47.1 Å². The van der Waals surface area contributed by atoms with E-state index in [0.29, 0.717) is 6.04 Å². The molecule has 3 rings (SSSR count). The molecule has 0 saturated carbocycles. The predicted molar refractivity (Wildman–Crippen MR) is 60.3 cm³/mol. The fourth-order valence-electron chi connectivity index (χ4n) is 2.87. The van der Waals surface area contributed by atoms with Gasteiger partial charge in [0.15, 0.2) is 5.69 Å². The van der Waals surface area contributed by atoms with E-state index in [4.69, 9.17) is 9.84 Å². The molecule has 17 heavy (non-hydrogen) atoms. The van der Waals surface area contributed by atoms with Gasteiger partial charge < -0.3 is 9.84 Å². The van der Waals surface area contributed by atoms with Crippen molar-refractivity contribution in [2.24, 2.45) is 0 Å². The minimum Gasteiger partial charge on any atom is -0.476 e. The van der Waals surface area contributed by atoms with Gasteiger partial charge in [0.05, 0.1) is 6.04 Å². The first-order valence-electron chi connectivity index (χ1n) is 6.18. The van der Waals surface area contributed by atoms with E-state index >= 15 is 0 Å². The maximum atomic E-state index is 11.2. The van der Waals surface area contributed by atoms with Crippen LogP contribution < -0.4 is 0 Å². The maximum Gasteiger partial charge on any atom is 0.356 e. The van der Waals surface area contributed by atoms with Crippen LogP contribution in [0.15, 0.2) is 0 Å². The van der Waals surface area contributed by atoms with Gasteiger partial charge in [-0.1, -0.05) is 0 Å². The highest BCUT2D eigenvalue weighted by Crippen LogP contribution is 2.30. The number of nitrogens with zero attached hydrogens (tertiary/aromatic N) is 2. The van der Waals surface area contributed by atoms with Crippen LogP contribution in [0.5, 0.6) is 0 Å². The molecule has 0 radical (unpaired) electrons. The van der Waals surface area contributed by atoms with Crippen LogP contribution >= 0.6 is 0 Å². The van der Waals surface area contributed by atoms with Crippen molar-refractivity contribution in [2.45, 2.75) is 38.1 Å². The molecule has 0 aromatic carbocycles. The van der Waals surface area contributed by atoms with Crippen molar-refractivity contribution >= 4 is 5.97 Å². The third-order valence-electron chi connectivity index (χ3n) is 3.70. The molecule has 0 bridgehead atoms. The Balaban J connectivity index is 1.99. The molecule has 5 nitrogen and oxygen atoms in total. The summed E-state index contributed by atoms with van der Waals surface area (Å²) in [5, 5.41) is 13.5. The van der Waals surface area contributed by atoms with Crippen LogP contribution in [0, 0.1) is 0 Å². The van der Waals surface area contributed by atoms with Gasteiger partial charge in [-0.15, -0.1) is 0 Å². The quantitative estimate of drug-likeness (QED) is 0.843. The smallest absolute Gasteiger partial charge is 0.356 e. The molecule has 1 N–H and O–H groups in total. The SMILES string of the molecule is O=C(O)c1nn(C2CCOCC2)c2c1CCC2. The Morgan fingerprint density at radius 2 is 2.12 bits per heavy atom. The molecule has 0 atom stereocenters. The first-order chi connectivity index (χ1) is 8.27. The Labute approximate surface area is 99.4 Å². The number of ether oxygens (including phenoxy) is 1. The molecule has 1 aliphatic carbocycles. The Kier molecular flexibility index (Phi) is 2.63. The molecule has 1 aromatic heterocycles. The number of aromatic nitrogens is 2. The van der Waals surface area contributed by atoms with Crippen molar-refractivity contribution in [1.29, 1.82) is 0 Å². The van der Waals surface area contributed by atoms with Crippen molar-refractivity contribution in [1.82, 2.24) is 9.78 Å². The Bertz CT molecular complexity index is 447. The third-order valence-corrected chi connectivity index (χ3v) is 3.70. The van der Waals surface area contributed by atoms with E-state index in [2.05, 4.69) is 5.10 Å². The van der Waals surface area contributed by atoms with Gasteiger partial charge in [-0.05, 0) is 32.1 Å². The van der Waals surface area contributed by atoms with E-state index in [0.717, 1.165) is 56.6 Å². The molecule has 1 fully saturated rings. The number of carbonyl (C=O) groups is 1. The molecular weight excluding hydrogens is 220 g/mol. The largest absolute Gasteiger partial charge is 0.476 e. The number of fused-ring (bicyclic) bond motifs is 1. The Hall–Kier alpha value is -1.36. The van der Waals surface area contributed by atoms with Crippen LogP contribution in [0.4, 0.5) is 0 Å². The summed E-state index contributed by atoms with van der Waals surface area (Å²) in [5.74, 6) is -0.894. The molecule has 0 spiro atoms. The van der Waals surface area contributed by atoms with Gasteiger partial charge >= 0.3 is 5.97 Å². The normalized spacial score (nSPS) is 20.5. The standard InChI is InChI=1S/C12H16N2O3/c15-12(16)11-9-2-1-3-10(9)14(13-11)8-4-6-17-7-5-8/h8H,1-7H2,(H,15,16). The minimum atomic E-state index is -0.894. The summed E-state index contributed by atoms with van der Waals surface area (Å²) in [5.41, 5.74) is 2.38. The van der Waals surface area contributed by atoms with Crippen molar-refractivity contribution in [3.05, 3.63) is 17.0 Å². The maximum absolute atomic E-state index is 11.2. The summed E-state index contributed by atoms with van der Waals surface area (Å²) >= 11 is 0. The molecule has 1 aliphatic heterocycles. The topological polar surface area (TPSA) is 64.3 Å². The molecule has 1 aromatic rings. The van der Waals surface area contributed by atoms with Crippen molar-refractivity contribution in [3.63, 3.8) is 0 Å². The van der Waals surface area contributed by atoms with E-state index in [9.17, 15) is 4.79 Å². The number of aromatic carboxylic acids is 1.